The van der Waals surface area contributed by atoms with E-state index >= 15 is 0 Å². The van der Waals surface area contributed by atoms with Crippen molar-refractivity contribution in [1.29, 1.82) is 0 Å². The molecular formula is C15H18F2N2O2S. The van der Waals surface area contributed by atoms with Crippen molar-refractivity contribution in [2.45, 2.75) is 31.2 Å². The molecule has 0 spiro atoms. The molecule has 4 nitrogen and oxygen atoms in total. The normalized spacial score (nSPS) is 19.3. The Labute approximate surface area is 132 Å². The standard InChI is InChI=1S/C15H18F2N2O2S/c1-9(20)15-19(4-5-22-15)14(21)8-12(18)6-10-2-3-11(16)7-13(10)17/h2-3,7,12,15H,4-6,8,18H2,1H3. The van der Waals surface area contributed by atoms with Crippen LogP contribution >= 0.6 is 11.8 Å². The van der Waals surface area contributed by atoms with Crippen LogP contribution in [0.15, 0.2) is 18.2 Å². The van der Waals surface area contributed by atoms with Gasteiger partial charge in [0.15, 0.2) is 5.78 Å². The molecule has 1 aromatic rings. The van der Waals surface area contributed by atoms with Crippen molar-refractivity contribution < 1.29 is 18.4 Å². The van der Waals surface area contributed by atoms with Gasteiger partial charge in [-0.15, -0.1) is 11.8 Å². The molecule has 0 bridgehead atoms. The van der Waals surface area contributed by atoms with Crippen LogP contribution in [0.5, 0.6) is 0 Å². The number of benzene rings is 1. The van der Waals surface area contributed by atoms with E-state index in [1.807, 2.05) is 0 Å². The van der Waals surface area contributed by atoms with Gasteiger partial charge in [0, 0.05) is 30.8 Å². The lowest BCUT2D eigenvalue weighted by Gasteiger charge is -2.23. The fourth-order valence-corrected chi connectivity index (χ4v) is 3.61. The molecule has 0 aromatic heterocycles. The van der Waals surface area contributed by atoms with Crippen LogP contribution in [0.1, 0.15) is 18.9 Å². The highest BCUT2D eigenvalue weighted by atomic mass is 32.2. The van der Waals surface area contributed by atoms with Gasteiger partial charge in [-0.3, -0.25) is 9.59 Å². The molecule has 1 aliphatic heterocycles. The molecule has 1 aromatic carbocycles. The largest absolute Gasteiger partial charge is 0.327 e. The van der Waals surface area contributed by atoms with Crippen LogP contribution in [0, 0.1) is 11.6 Å². The number of nitrogens with two attached hydrogens (primary N) is 1. The Morgan fingerprint density at radius 2 is 2.18 bits per heavy atom. The van der Waals surface area contributed by atoms with Crippen LogP contribution in [-0.4, -0.2) is 40.3 Å². The first-order valence-corrected chi connectivity index (χ1v) is 8.04. The quantitative estimate of drug-likeness (QED) is 0.894. The molecule has 1 heterocycles. The van der Waals surface area contributed by atoms with Gasteiger partial charge in [-0.2, -0.15) is 0 Å². The van der Waals surface area contributed by atoms with Gasteiger partial charge in [0.1, 0.15) is 17.0 Å². The predicted octanol–water partition coefficient (Wildman–Crippen LogP) is 1.72. The highest BCUT2D eigenvalue weighted by molar-refractivity contribution is 8.00. The summed E-state index contributed by atoms with van der Waals surface area (Å²) in [5.74, 6) is -0.864. The van der Waals surface area contributed by atoms with Gasteiger partial charge in [-0.1, -0.05) is 6.07 Å². The lowest BCUT2D eigenvalue weighted by Crippen LogP contribution is -2.41. The summed E-state index contributed by atoms with van der Waals surface area (Å²) in [5.41, 5.74) is 6.18. The minimum absolute atomic E-state index is 0.0289. The maximum absolute atomic E-state index is 13.6. The first-order chi connectivity index (χ1) is 10.4. The number of hydrogen-bond acceptors (Lipinski definition) is 4. The van der Waals surface area contributed by atoms with Crippen LogP contribution in [0.3, 0.4) is 0 Å². The minimum atomic E-state index is -0.666. The molecule has 7 heteroatoms. The van der Waals surface area contributed by atoms with Crippen LogP contribution < -0.4 is 5.73 Å². The number of amides is 1. The minimum Gasteiger partial charge on any atom is -0.327 e. The molecule has 1 fully saturated rings. The van der Waals surface area contributed by atoms with Crippen molar-refractivity contribution in [1.82, 2.24) is 4.90 Å². The van der Waals surface area contributed by atoms with Gasteiger partial charge in [0.25, 0.3) is 0 Å². The molecule has 2 rings (SSSR count). The monoisotopic (exact) mass is 328 g/mol. The van der Waals surface area contributed by atoms with E-state index in [-0.39, 0.29) is 30.1 Å². The summed E-state index contributed by atoms with van der Waals surface area (Å²) < 4.78 is 26.4. The fraction of sp³-hybridized carbons (Fsp3) is 0.467. The molecular weight excluding hydrogens is 310 g/mol. The molecule has 0 aliphatic carbocycles. The van der Waals surface area contributed by atoms with E-state index in [4.69, 9.17) is 5.73 Å². The lowest BCUT2D eigenvalue weighted by molar-refractivity contribution is -0.135. The molecule has 2 atom stereocenters. The zero-order valence-electron chi connectivity index (χ0n) is 12.2. The second-order valence-electron chi connectivity index (χ2n) is 5.32. The SMILES string of the molecule is CC(=O)C1SCCN1C(=O)CC(N)Cc1ccc(F)cc1F. The Morgan fingerprint density at radius 3 is 2.82 bits per heavy atom. The third kappa shape index (κ3) is 4.04. The van der Waals surface area contributed by atoms with Crippen molar-refractivity contribution in [3.8, 4) is 0 Å². The average molecular weight is 328 g/mol. The molecule has 22 heavy (non-hydrogen) atoms. The fourth-order valence-electron chi connectivity index (χ4n) is 2.45. The Bertz CT molecular complexity index is 583. The number of hydrogen-bond donors (Lipinski definition) is 1. The van der Waals surface area contributed by atoms with Gasteiger partial charge < -0.3 is 10.6 Å². The van der Waals surface area contributed by atoms with E-state index < -0.39 is 23.1 Å². The number of halogens is 2. The molecule has 2 unspecified atom stereocenters. The topological polar surface area (TPSA) is 63.4 Å². The summed E-state index contributed by atoms with van der Waals surface area (Å²) in [6, 6.07) is 2.72. The second-order valence-corrected chi connectivity index (χ2v) is 6.51. The van der Waals surface area contributed by atoms with Crippen LogP contribution in [0.25, 0.3) is 0 Å². The summed E-state index contributed by atoms with van der Waals surface area (Å²) in [7, 11) is 0. The van der Waals surface area contributed by atoms with Gasteiger partial charge in [-0.25, -0.2) is 8.78 Å². The number of ketones is 1. The van der Waals surface area contributed by atoms with Crippen molar-refractivity contribution in [2.75, 3.05) is 12.3 Å². The van der Waals surface area contributed by atoms with E-state index in [0.29, 0.717) is 6.54 Å². The summed E-state index contributed by atoms with van der Waals surface area (Å²) in [6.07, 6.45) is 0.171. The average Bonchev–Trinajstić information content (AvgIpc) is 2.91. The number of carbonyl (C=O) groups excluding carboxylic acids is 2. The zero-order chi connectivity index (χ0) is 16.3. The lowest BCUT2D eigenvalue weighted by atomic mass is 10.0. The molecule has 1 saturated heterocycles. The third-order valence-corrected chi connectivity index (χ3v) is 4.81. The van der Waals surface area contributed by atoms with Gasteiger partial charge in [0.05, 0.1) is 0 Å². The summed E-state index contributed by atoms with van der Waals surface area (Å²) in [6.45, 7) is 1.97. The molecule has 0 radical (unpaired) electrons. The maximum atomic E-state index is 13.6. The molecule has 0 saturated carbocycles. The predicted molar refractivity (Wildman–Crippen MR) is 81.3 cm³/mol. The van der Waals surface area contributed by atoms with E-state index in [1.54, 1.807) is 0 Å². The first-order valence-electron chi connectivity index (χ1n) is 6.99. The van der Waals surface area contributed by atoms with Gasteiger partial charge in [0.2, 0.25) is 5.91 Å². The van der Waals surface area contributed by atoms with Crippen LogP contribution in [0.2, 0.25) is 0 Å². The van der Waals surface area contributed by atoms with Gasteiger partial charge >= 0.3 is 0 Å². The van der Waals surface area contributed by atoms with Crippen molar-refractivity contribution >= 4 is 23.5 Å². The van der Waals surface area contributed by atoms with E-state index in [9.17, 15) is 18.4 Å². The zero-order valence-corrected chi connectivity index (χ0v) is 13.0. The number of rotatable bonds is 5. The number of thioether (sulfide) groups is 1. The van der Waals surface area contributed by atoms with Crippen LogP contribution in [-0.2, 0) is 16.0 Å². The highest BCUT2D eigenvalue weighted by Gasteiger charge is 2.32. The summed E-state index contributed by atoms with van der Waals surface area (Å²) in [4.78, 5) is 25.2. The van der Waals surface area contributed by atoms with Crippen LogP contribution in [0.4, 0.5) is 8.78 Å². The molecule has 120 valence electrons. The third-order valence-electron chi connectivity index (χ3n) is 3.49. The van der Waals surface area contributed by atoms with E-state index in [2.05, 4.69) is 0 Å². The Balaban J connectivity index is 1.95. The smallest absolute Gasteiger partial charge is 0.225 e. The number of carbonyl (C=O) groups is 2. The van der Waals surface area contributed by atoms with Gasteiger partial charge in [-0.05, 0) is 25.0 Å². The van der Waals surface area contributed by atoms with Crippen molar-refractivity contribution in [3.05, 3.63) is 35.4 Å². The highest BCUT2D eigenvalue weighted by Crippen LogP contribution is 2.25. The Kier molecular flexibility index (Phi) is 5.52. The number of nitrogens with zero attached hydrogens (tertiary/aromatic N) is 1. The Morgan fingerprint density at radius 1 is 1.45 bits per heavy atom. The summed E-state index contributed by atoms with van der Waals surface area (Å²) in [5, 5.41) is -0.442. The number of Topliss-reactive ketones (excluding diaryl/α,β-unsaturated/α-hetero) is 1. The molecule has 1 aliphatic rings. The maximum Gasteiger partial charge on any atom is 0.225 e. The summed E-state index contributed by atoms with van der Waals surface area (Å²) >= 11 is 1.44. The second kappa shape index (κ2) is 7.19. The van der Waals surface area contributed by atoms with E-state index in [1.165, 1.54) is 29.7 Å². The van der Waals surface area contributed by atoms with E-state index in [0.717, 1.165) is 17.9 Å². The first kappa shape index (κ1) is 16.9. The molecule has 1 amide bonds. The van der Waals surface area contributed by atoms with Crippen molar-refractivity contribution in [3.63, 3.8) is 0 Å². The molecule has 2 N–H and O–H groups in total. The Hall–Kier alpha value is -1.47. The van der Waals surface area contributed by atoms with Crippen molar-refractivity contribution in [2.24, 2.45) is 5.73 Å².